The Labute approximate surface area is 152 Å². The van der Waals surface area contributed by atoms with Gasteiger partial charge < -0.3 is 5.32 Å². The molecule has 4 rings (SSSR count). The maximum absolute atomic E-state index is 4.63. The third-order valence-electron chi connectivity index (χ3n) is 4.55. The number of rotatable bonds is 5. The van der Waals surface area contributed by atoms with E-state index in [1.807, 2.05) is 26.0 Å². The molecule has 8 heteroatoms. The van der Waals surface area contributed by atoms with Crippen molar-refractivity contribution in [2.45, 2.75) is 39.3 Å². The molecular weight excluding hydrogens is 328 g/mol. The second kappa shape index (κ2) is 7.17. The van der Waals surface area contributed by atoms with Gasteiger partial charge in [0, 0.05) is 42.2 Å². The van der Waals surface area contributed by atoms with Crippen LogP contribution in [0.4, 0.5) is 11.8 Å². The van der Waals surface area contributed by atoms with Crippen LogP contribution in [0.15, 0.2) is 30.7 Å². The summed E-state index contributed by atoms with van der Waals surface area (Å²) in [5.74, 6) is 1.28. The molecule has 0 unspecified atom stereocenters. The topological polar surface area (TPSA) is 95.5 Å². The molecule has 0 bridgehead atoms. The minimum Gasteiger partial charge on any atom is -0.307 e. The van der Waals surface area contributed by atoms with Crippen molar-refractivity contribution in [1.82, 2.24) is 35.0 Å². The molecule has 1 fully saturated rings. The number of anilines is 2. The maximum Gasteiger partial charge on any atom is 0.228 e. The van der Waals surface area contributed by atoms with E-state index in [2.05, 4.69) is 40.3 Å². The summed E-state index contributed by atoms with van der Waals surface area (Å²) in [6.07, 6.45) is 7.41. The molecule has 1 aliphatic heterocycles. The SMILES string of the molecule is Cc1cc(C)nc(Nc2nccnc2[C@H]2CCCN2Cc2ccn[nH]2)n1. The summed E-state index contributed by atoms with van der Waals surface area (Å²) in [6.45, 7) is 5.77. The fraction of sp³-hybridized carbons (Fsp3) is 0.389. The van der Waals surface area contributed by atoms with Gasteiger partial charge >= 0.3 is 0 Å². The van der Waals surface area contributed by atoms with Gasteiger partial charge in [-0.1, -0.05) is 0 Å². The van der Waals surface area contributed by atoms with Crippen molar-refractivity contribution in [2.24, 2.45) is 0 Å². The predicted molar refractivity (Wildman–Crippen MR) is 97.8 cm³/mol. The quantitative estimate of drug-likeness (QED) is 0.730. The van der Waals surface area contributed by atoms with Crippen molar-refractivity contribution in [3.8, 4) is 0 Å². The number of aromatic amines is 1. The average molecular weight is 350 g/mol. The molecule has 8 nitrogen and oxygen atoms in total. The number of nitrogens with zero attached hydrogens (tertiary/aromatic N) is 6. The van der Waals surface area contributed by atoms with E-state index < -0.39 is 0 Å². The smallest absolute Gasteiger partial charge is 0.228 e. The Morgan fingerprint density at radius 1 is 1.15 bits per heavy atom. The van der Waals surface area contributed by atoms with Crippen molar-refractivity contribution in [2.75, 3.05) is 11.9 Å². The van der Waals surface area contributed by atoms with E-state index >= 15 is 0 Å². The Balaban J connectivity index is 1.60. The number of hydrogen-bond acceptors (Lipinski definition) is 7. The van der Waals surface area contributed by atoms with Crippen molar-refractivity contribution in [3.63, 3.8) is 0 Å². The third kappa shape index (κ3) is 3.55. The van der Waals surface area contributed by atoms with Gasteiger partial charge in [0.1, 0.15) is 5.69 Å². The zero-order valence-electron chi connectivity index (χ0n) is 15.0. The average Bonchev–Trinajstić information content (AvgIpc) is 3.27. The van der Waals surface area contributed by atoms with Gasteiger partial charge in [-0.3, -0.25) is 15.0 Å². The standard InChI is InChI=1S/C18H22N8/c1-12-10-13(2)23-18(22-12)24-17-16(19-7-8-20-17)15-4-3-9-26(15)11-14-5-6-21-25-14/h5-8,10,15H,3-4,9,11H2,1-2H3,(H,21,25)(H,20,22,23,24)/t15-/m1/s1. The highest BCUT2D eigenvalue weighted by molar-refractivity contribution is 5.52. The van der Waals surface area contributed by atoms with Gasteiger partial charge in [0.2, 0.25) is 5.95 Å². The lowest BCUT2D eigenvalue weighted by Gasteiger charge is -2.24. The Kier molecular flexibility index (Phi) is 4.57. The number of hydrogen-bond donors (Lipinski definition) is 2. The summed E-state index contributed by atoms with van der Waals surface area (Å²) in [5, 5.41) is 10.4. The zero-order valence-corrected chi connectivity index (χ0v) is 15.0. The molecular formula is C18H22N8. The molecule has 3 aromatic heterocycles. The van der Waals surface area contributed by atoms with Crippen LogP contribution in [0.3, 0.4) is 0 Å². The normalized spacial score (nSPS) is 17.5. The van der Waals surface area contributed by atoms with E-state index in [1.54, 1.807) is 18.6 Å². The van der Waals surface area contributed by atoms with E-state index in [0.717, 1.165) is 54.5 Å². The minimum absolute atomic E-state index is 0.209. The van der Waals surface area contributed by atoms with E-state index in [1.165, 1.54) is 0 Å². The zero-order chi connectivity index (χ0) is 17.9. The Bertz CT molecular complexity index is 856. The van der Waals surface area contributed by atoms with Gasteiger partial charge in [-0.05, 0) is 45.4 Å². The van der Waals surface area contributed by atoms with Crippen LogP contribution in [-0.2, 0) is 6.54 Å². The summed E-state index contributed by atoms with van der Waals surface area (Å²) < 4.78 is 0. The highest BCUT2D eigenvalue weighted by Crippen LogP contribution is 2.35. The van der Waals surface area contributed by atoms with Gasteiger partial charge in [0.15, 0.2) is 5.82 Å². The highest BCUT2D eigenvalue weighted by atomic mass is 15.2. The van der Waals surface area contributed by atoms with Crippen molar-refractivity contribution in [1.29, 1.82) is 0 Å². The van der Waals surface area contributed by atoms with Crippen molar-refractivity contribution < 1.29 is 0 Å². The molecule has 1 aliphatic rings. The second-order valence-electron chi connectivity index (χ2n) is 6.60. The predicted octanol–water partition coefficient (Wildman–Crippen LogP) is 2.69. The van der Waals surface area contributed by atoms with E-state index in [9.17, 15) is 0 Å². The number of H-pyrrole nitrogens is 1. The molecule has 1 atom stereocenters. The molecule has 0 amide bonds. The molecule has 0 radical (unpaired) electrons. The van der Waals surface area contributed by atoms with Crippen LogP contribution >= 0.6 is 0 Å². The summed E-state index contributed by atoms with van der Waals surface area (Å²) in [5.41, 5.74) is 3.89. The Hall–Kier alpha value is -2.87. The van der Waals surface area contributed by atoms with Gasteiger partial charge in [-0.2, -0.15) is 5.10 Å². The molecule has 0 aromatic carbocycles. The van der Waals surface area contributed by atoms with E-state index in [4.69, 9.17) is 0 Å². The second-order valence-corrected chi connectivity index (χ2v) is 6.60. The van der Waals surface area contributed by atoms with Crippen LogP contribution in [-0.4, -0.2) is 41.6 Å². The first kappa shape index (κ1) is 16.6. The lowest BCUT2D eigenvalue weighted by Crippen LogP contribution is -2.24. The van der Waals surface area contributed by atoms with Crippen LogP contribution in [0.25, 0.3) is 0 Å². The minimum atomic E-state index is 0.209. The fourth-order valence-electron chi connectivity index (χ4n) is 3.49. The summed E-state index contributed by atoms with van der Waals surface area (Å²) in [7, 11) is 0. The molecule has 3 aromatic rings. The van der Waals surface area contributed by atoms with Crippen molar-refractivity contribution >= 4 is 11.8 Å². The third-order valence-corrected chi connectivity index (χ3v) is 4.55. The molecule has 0 aliphatic carbocycles. The molecule has 0 spiro atoms. The van der Waals surface area contributed by atoms with Crippen molar-refractivity contribution in [3.05, 3.63) is 53.5 Å². The maximum atomic E-state index is 4.63. The van der Waals surface area contributed by atoms with E-state index in [-0.39, 0.29) is 6.04 Å². The Morgan fingerprint density at radius 3 is 2.73 bits per heavy atom. The van der Waals surface area contributed by atoms with Gasteiger partial charge in [0.25, 0.3) is 0 Å². The summed E-state index contributed by atoms with van der Waals surface area (Å²) in [4.78, 5) is 20.5. The Morgan fingerprint density at radius 2 is 1.96 bits per heavy atom. The van der Waals surface area contributed by atoms with Gasteiger partial charge in [-0.25, -0.2) is 15.0 Å². The van der Waals surface area contributed by atoms with E-state index in [0.29, 0.717) is 5.95 Å². The van der Waals surface area contributed by atoms with Crippen LogP contribution < -0.4 is 5.32 Å². The molecule has 26 heavy (non-hydrogen) atoms. The number of nitrogens with one attached hydrogen (secondary N) is 2. The first-order chi connectivity index (χ1) is 12.7. The number of aryl methyl sites for hydroxylation is 2. The lowest BCUT2D eigenvalue weighted by atomic mass is 10.1. The molecule has 2 N–H and O–H groups in total. The molecule has 134 valence electrons. The van der Waals surface area contributed by atoms with Crippen LogP contribution in [0.1, 0.15) is 41.7 Å². The molecule has 0 saturated carbocycles. The number of aromatic nitrogens is 6. The largest absolute Gasteiger partial charge is 0.307 e. The highest BCUT2D eigenvalue weighted by Gasteiger charge is 2.30. The van der Waals surface area contributed by atoms with Gasteiger partial charge in [-0.15, -0.1) is 0 Å². The molecule has 4 heterocycles. The lowest BCUT2D eigenvalue weighted by molar-refractivity contribution is 0.241. The summed E-state index contributed by atoms with van der Waals surface area (Å²) in [6, 6.07) is 4.17. The fourth-order valence-corrected chi connectivity index (χ4v) is 3.49. The first-order valence-electron chi connectivity index (χ1n) is 8.81. The van der Waals surface area contributed by atoms with Gasteiger partial charge in [0.05, 0.1) is 6.04 Å². The summed E-state index contributed by atoms with van der Waals surface area (Å²) >= 11 is 0. The van der Waals surface area contributed by atoms with Crippen LogP contribution in [0.2, 0.25) is 0 Å². The number of likely N-dealkylation sites (tertiary alicyclic amines) is 1. The molecule has 1 saturated heterocycles. The van der Waals surface area contributed by atoms with Crippen LogP contribution in [0.5, 0.6) is 0 Å². The monoisotopic (exact) mass is 350 g/mol. The van der Waals surface area contributed by atoms with Crippen LogP contribution in [0, 0.1) is 13.8 Å². The first-order valence-corrected chi connectivity index (χ1v) is 8.81.